The van der Waals surface area contributed by atoms with Gasteiger partial charge in [0.15, 0.2) is 0 Å². The van der Waals surface area contributed by atoms with Gasteiger partial charge in [0.05, 0.1) is 13.7 Å². The third-order valence-electron chi connectivity index (χ3n) is 4.19. The first kappa shape index (κ1) is 15.6. The molecule has 116 valence electrons. The van der Waals surface area contributed by atoms with E-state index in [0.717, 1.165) is 31.5 Å². The number of likely N-dealkylation sites (N-methyl/N-ethyl adjacent to an activating group) is 1. The highest BCUT2D eigenvalue weighted by atomic mass is 16.5. The monoisotopic (exact) mass is 292 g/mol. The molecule has 1 fully saturated rings. The van der Waals surface area contributed by atoms with Crippen molar-refractivity contribution < 1.29 is 14.6 Å². The zero-order valence-corrected chi connectivity index (χ0v) is 13.0. The number of rotatable bonds is 5. The van der Waals surface area contributed by atoms with Crippen molar-refractivity contribution in [2.45, 2.75) is 25.8 Å². The molecule has 0 bridgehead atoms. The Labute approximate surface area is 126 Å². The molecule has 1 aliphatic heterocycles. The minimum Gasteiger partial charge on any atom is -0.507 e. The number of ether oxygens (including phenoxy) is 1. The highest BCUT2D eigenvalue weighted by Crippen LogP contribution is 2.30. The molecule has 1 saturated heterocycles. The van der Waals surface area contributed by atoms with Gasteiger partial charge in [0.2, 0.25) is 5.91 Å². The van der Waals surface area contributed by atoms with Crippen LogP contribution in [0.3, 0.4) is 0 Å². The number of carbonyl (C=O) groups is 1. The molecule has 1 unspecified atom stereocenters. The van der Waals surface area contributed by atoms with E-state index in [1.807, 2.05) is 35.9 Å². The second-order valence-electron chi connectivity index (χ2n) is 5.60. The van der Waals surface area contributed by atoms with E-state index in [1.54, 1.807) is 13.2 Å². The van der Waals surface area contributed by atoms with Crippen LogP contribution in [0.15, 0.2) is 18.2 Å². The molecule has 1 aromatic carbocycles. The molecular formula is C16H24N2O3. The molecule has 21 heavy (non-hydrogen) atoms. The highest BCUT2D eigenvalue weighted by molar-refractivity contribution is 5.78. The van der Waals surface area contributed by atoms with Gasteiger partial charge in [-0.1, -0.05) is 6.07 Å². The van der Waals surface area contributed by atoms with Crippen molar-refractivity contribution in [3.8, 4) is 11.5 Å². The summed E-state index contributed by atoms with van der Waals surface area (Å²) in [5.74, 6) is 0.983. The Morgan fingerprint density at radius 3 is 2.67 bits per heavy atom. The minimum absolute atomic E-state index is 0.0394. The zero-order chi connectivity index (χ0) is 15.4. The van der Waals surface area contributed by atoms with E-state index in [1.165, 1.54) is 0 Å². The molecule has 0 aromatic heterocycles. The van der Waals surface area contributed by atoms with E-state index >= 15 is 0 Å². The molecule has 0 saturated carbocycles. The second-order valence-corrected chi connectivity index (χ2v) is 5.60. The fourth-order valence-electron chi connectivity index (χ4n) is 2.66. The fourth-order valence-corrected chi connectivity index (χ4v) is 2.66. The van der Waals surface area contributed by atoms with Crippen LogP contribution >= 0.6 is 0 Å². The molecule has 1 N–H and O–H groups in total. The SMILES string of the molecule is COc1ccc(C(C)N(C)CC(=O)N2CCCC2)c(O)c1. The van der Waals surface area contributed by atoms with Crippen molar-refractivity contribution in [3.05, 3.63) is 23.8 Å². The normalized spacial score (nSPS) is 16.3. The average Bonchev–Trinajstić information content (AvgIpc) is 3.00. The summed E-state index contributed by atoms with van der Waals surface area (Å²) < 4.78 is 5.09. The summed E-state index contributed by atoms with van der Waals surface area (Å²) >= 11 is 0. The summed E-state index contributed by atoms with van der Waals surface area (Å²) in [4.78, 5) is 16.1. The molecule has 0 spiro atoms. The van der Waals surface area contributed by atoms with Crippen LogP contribution in [0, 0.1) is 0 Å². The molecule has 0 aliphatic carbocycles. The van der Waals surface area contributed by atoms with E-state index < -0.39 is 0 Å². The fraction of sp³-hybridized carbons (Fsp3) is 0.562. The molecule has 1 amide bonds. The lowest BCUT2D eigenvalue weighted by molar-refractivity contribution is -0.131. The van der Waals surface area contributed by atoms with Crippen LogP contribution in [0.2, 0.25) is 0 Å². The standard InChI is InChI=1S/C16H24N2O3/c1-12(14-7-6-13(21-3)10-15(14)19)17(2)11-16(20)18-8-4-5-9-18/h6-7,10,12,19H,4-5,8-9,11H2,1-3H3. The van der Waals surface area contributed by atoms with Gasteiger partial charge < -0.3 is 14.7 Å². The molecule has 1 heterocycles. The van der Waals surface area contributed by atoms with Gasteiger partial charge in [-0.05, 0) is 32.9 Å². The molecule has 1 atom stereocenters. The van der Waals surface area contributed by atoms with E-state index in [4.69, 9.17) is 4.74 Å². The smallest absolute Gasteiger partial charge is 0.236 e. The summed E-state index contributed by atoms with van der Waals surface area (Å²) in [7, 11) is 3.47. The van der Waals surface area contributed by atoms with Crippen molar-refractivity contribution in [1.82, 2.24) is 9.80 Å². The lowest BCUT2D eigenvalue weighted by atomic mass is 10.1. The Kier molecular flexibility index (Phi) is 5.07. The molecule has 2 rings (SSSR count). The largest absolute Gasteiger partial charge is 0.507 e. The van der Waals surface area contributed by atoms with Crippen LogP contribution in [-0.2, 0) is 4.79 Å². The average molecular weight is 292 g/mol. The third-order valence-corrected chi connectivity index (χ3v) is 4.19. The lowest BCUT2D eigenvalue weighted by Crippen LogP contribution is -2.38. The van der Waals surface area contributed by atoms with Gasteiger partial charge in [-0.3, -0.25) is 9.69 Å². The van der Waals surface area contributed by atoms with Crippen molar-refractivity contribution >= 4 is 5.91 Å². The van der Waals surface area contributed by atoms with Crippen molar-refractivity contribution in [2.24, 2.45) is 0 Å². The van der Waals surface area contributed by atoms with Gasteiger partial charge in [0, 0.05) is 30.8 Å². The predicted molar refractivity (Wildman–Crippen MR) is 81.5 cm³/mol. The number of amides is 1. The van der Waals surface area contributed by atoms with E-state index in [2.05, 4.69) is 0 Å². The first-order chi connectivity index (χ1) is 10.0. The van der Waals surface area contributed by atoms with E-state index in [-0.39, 0.29) is 17.7 Å². The number of benzene rings is 1. The first-order valence-corrected chi connectivity index (χ1v) is 7.38. The number of phenolic OH excluding ortho intramolecular Hbond substituents is 1. The lowest BCUT2D eigenvalue weighted by Gasteiger charge is -2.27. The Morgan fingerprint density at radius 1 is 1.43 bits per heavy atom. The van der Waals surface area contributed by atoms with Crippen LogP contribution in [0.5, 0.6) is 11.5 Å². The number of methoxy groups -OCH3 is 1. The number of hydrogen-bond acceptors (Lipinski definition) is 4. The number of carbonyl (C=O) groups excluding carboxylic acids is 1. The summed E-state index contributed by atoms with van der Waals surface area (Å²) in [5, 5.41) is 10.1. The van der Waals surface area contributed by atoms with Gasteiger partial charge in [-0.2, -0.15) is 0 Å². The van der Waals surface area contributed by atoms with Gasteiger partial charge >= 0.3 is 0 Å². The Balaban J connectivity index is 2.01. The van der Waals surface area contributed by atoms with Crippen LogP contribution in [0.1, 0.15) is 31.4 Å². The summed E-state index contributed by atoms with van der Waals surface area (Å²) in [5.41, 5.74) is 0.799. The maximum Gasteiger partial charge on any atom is 0.236 e. The maximum absolute atomic E-state index is 12.2. The van der Waals surface area contributed by atoms with Crippen LogP contribution in [0.25, 0.3) is 0 Å². The predicted octanol–water partition coefficient (Wildman–Crippen LogP) is 2.02. The molecule has 5 nitrogen and oxygen atoms in total. The number of aromatic hydroxyl groups is 1. The topological polar surface area (TPSA) is 53.0 Å². The van der Waals surface area contributed by atoms with E-state index in [9.17, 15) is 9.90 Å². The van der Waals surface area contributed by atoms with Gasteiger partial charge in [-0.25, -0.2) is 0 Å². The molecule has 5 heteroatoms. The van der Waals surface area contributed by atoms with Crippen LogP contribution in [0.4, 0.5) is 0 Å². The number of likely N-dealkylation sites (tertiary alicyclic amines) is 1. The van der Waals surface area contributed by atoms with E-state index in [0.29, 0.717) is 12.3 Å². The summed E-state index contributed by atoms with van der Waals surface area (Å²) in [6.45, 7) is 4.09. The van der Waals surface area contributed by atoms with Crippen LogP contribution in [-0.4, -0.2) is 54.6 Å². The highest BCUT2D eigenvalue weighted by Gasteiger charge is 2.22. The summed E-state index contributed by atoms with van der Waals surface area (Å²) in [6, 6.07) is 5.22. The maximum atomic E-state index is 12.2. The Morgan fingerprint density at radius 2 is 2.10 bits per heavy atom. The minimum atomic E-state index is -0.0394. The molecule has 1 aromatic rings. The van der Waals surface area contributed by atoms with Crippen molar-refractivity contribution in [1.29, 1.82) is 0 Å². The second kappa shape index (κ2) is 6.80. The van der Waals surface area contributed by atoms with Crippen molar-refractivity contribution in [2.75, 3.05) is 33.8 Å². The number of nitrogens with zero attached hydrogens (tertiary/aromatic N) is 2. The first-order valence-electron chi connectivity index (χ1n) is 7.38. The van der Waals surface area contributed by atoms with Crippen LogP contribution < -0.4 is 4.74 Å². The third kappa shape index (κ3) is 3.67. The summed E-state index contributed by atoms with van der Waals surface area (Å²) in [6.07, 6.45) is 2.20. The number of hydrogen-bond donors (Lipinski definition) is 1. The van der Waals surface area contributed by atoms with Gasteiger partial charge in [0.1, 0.15) is 11.5 Å². The van der Waals surface area contributed by atoms with Gasteiger partial charge in [-0.15, -0.1) is 0 Å². The molecule has 1 aliphatic rings. The quantitative estimate of drug-likeness (QED) is 0.902. The molecular weight excluding hydrogens is 268 g/mol. The Bertz CT molecular complexity index is 498. The van der Waals surface area contributed by atoms with Crippen molar-refractivity contribution in [3.63, 3.8) is 0 Å². The Hall–Kier alpha value is -1.75. The zero-order valence-electron chi connectivity index (χ0n) is 13.0. The van der Waals surface area contributed by atoms with Gasteiger partial charge in [0.25, 0.3) is 0 Å². The number of phenols is 1. The molecule has 0 radical (unpaired) electrons.